The Bertz CT molecular complexity index is 2000. The van der Waals surface area contributed by atoms with Crippen molar-refractivity contribution in [2.75, 3.05) is 33.2 Å². The van der Waals surface area contributed by atoms with Crippen molar-refractivity contribution in [3.63, 3.8) is 0 Å². The molecule has 0 atom stereocenters. The fourth-order valence-electron chi connectivity index (χ4n) is 5.71. The molecule has 4 aromatic carbocycles. The summed E-state index contributed by atoms with van der Waals surface area (Å²) in [6, 6.07) is 25.2. The number of benzene rings is 4. The monoisotopic (exact) mass is 818 g/mol. The third-order valence-corrected chi connectivity index (χ3v) is 8.83. The highest BCUT2D eigenvalue weighted by Crippen LogP contribution is 2.25. The van der Waals surface area contributed by atoms with Gasteiger partial charge in [0.15, 0.2) is 0 Å². The smallest absolute Gasteiger partial charge is 0.343 e. The molecule has 4 rings (SSSR count). The van der Waals surface area contributed by atoms with E-state index >= 15 is 0 Å². The summed E-state index contributed by atoms with van der Waals surface area (Å²) < 4.78 is 38.8. The van der Waals surface area contributed by atoms with E-state index in [0.29, 0.717) is 49.2 Å². The van der Waals surface area contributed by atoms with Crippen molar-refractivity contribution in [2.24, 2.45) is 10.2 Å². The molecule has 0 heterocycles. The Hall–Kier alpha value is -6.69. The first-order valence-electron chi connectivity index (χ1n) is 20.0. The maximum atomic E-state index is 12.7. The largest absolute Gasteiger partial charge is 0.494 e. The Kier molecular flexibility index (Phi) is 20.2. The topological polar surface area (TPSA) is 141 Å². The van der Waals surface area contributed by atoms with Gasteiger partial charge in [0.05, 0.1) is 44.4 Å². The summed E-state index contributed by atoms with van der Waals surface area (Å²) in [6.07, 6.45) is 12.9. The molecule has 0 aromatic heterocycles. The molecular formula is C48H54N2O10. The van der Waals surface area contributed by atoms with Crippen LogP contribution in [0.5, 0.6) is 28.7 Å². The van der Waals surface area contributed by atoms with Crippen molar-refractivity contribution in [3.05, 3.63) is 138 Å². The van der Waals surface area contributed by atoms with E-state index in [1.54, 1.807) is 61.0 Å². The molecule has 316 valence electrons. The molecule has 60 heavy (non-hydrogen) atoms. The second-order valence-corrected chi connectivity index (χ2v) is 13.6. The molecule has 12 heteroatoms. The lowest BCUT2D eigenvalue weighted by Gasteiger charge is -2.14. The number of unbranched alkanes of at least 4 members (excludes halogenated alkanes) is 6. The zero-order chi connectivity index (χ0) is 42.8. The number of ether oxygens (including phenoxy) is 7. The fraction of sp³-hybridized carbons (Fsp3) is 0.312. The van der Waals surface area contributed by atoms with Gasteiger partial charge in [0.2, 0.25) is 6.79 Å². The van der Waals surface area contributed by atoms with Crippen molar-refractivity contribution in [3.8, 4) is 28.7 Å². The van der Waals surface area contributed by atoms with E-state index in [0.717, 1.165) is 91.2 Å². The molecule has 12 nitrogen and oxygen atoms in total. The summed E-state index contributed by atoms with van der Waals surface area (Å²) >= 11 is 0. The average Bonchev–Trinajstić information content (AvgIpc) is 3.26. The normalized spacial score (nSPS) is 10.9. The van der Waals surface area contributed by atoms with Crippen molar-refractivity contribution < 1.29 is 47.5 Å². The lowest BCUT2D eigenvalue weighted by atomic mass is 10.1. The SMILES string of the molecule is C=CC(=O)OCCCCCCOc1ccc(OCOc2c(C)cc(/C=N/N=C/c3ccc(OC(=O)c4ccc(OCCCCCCOC(=O)C=C)cc4)cc3)cc2C)cc1. The molecule has 0 bridgehead atoms. The third-order valence-electron chi connectivity index (χ3n) is 8.83. The highest BCUT2D eigenvalue weighted by Gasteiger charge is 2.10. The van der Waals surface area contributed by atoms with Crippen LogP contribution in [0.3, 0.4) is 0 Å². The van der Waals surface area contributed by atoms with Crippen molar-refractivity contribution in [1.29, 1.82) is 0 Å². The molecule has 0 aliphatic rings. The molecule has 0 N–H and O–H groups in total. The van der Waals surface area contributed by atoms with E-state index in [4.69, 9.17) is 33.2 Å². The van der Waals surface area contributed by atoms with Gasteiger partial charge >= 0.3 is 17.9 Å². The van der Waals surface area contributed by atoms with Crippen LogP contribution in [0.2, 0.25) is 0 Å². The minimum atomic E-state index is -0.473. The number of hydrogen-bond donors (Lipinski definition) is 0. The van der Waals surface area contributed by atoms with Crippen LogP contribution < -0.4 is 23.7 Å². The number of carbonyl (C=O) groups excluding carboxylic acids is 3. The molecule has 4 aromatic rings. The highest BCUT2D eigenvalue weighted by atomic mass is 16.7. The van der Waals surface area contributed by atoms with Crippen LogP contribution in [0.1, 0.15) is 84.0 Å². The van der Waals surface area contributed by atoms with E-state index in [9.17, 15) is 14.4 Å². The lowest BCUT2D eigenvalue weighted by Crippen LogP contribution is -2.08. The van der Waals surface area contributed by atoms with E-state index in [1.165, 1.54) is 6.08 Å². The maximum Gasteiger partial charge on any atom is 0.343 e. The summed E-state index contributed by atoms with van der Waals surface area (Å²) in [5.74, 6) is 1.99. The first-order chi connectivity index (χ1) is 29.2. The van der Waals surface area contributed by atoms with Gasteiger partial charge in [0.25, 0.3) is 0 Å². The molecule has 0 radical (unpaired) electrons. The molecule has 0 amide bonds. The number of carbonyl (C=O) groups is 3. The first-order valence-corrected chi connectivity index (χ1v) is 20.0. The van der Waals surface area contributed by atoms with E-state index < -0.39 is 11.9 Å². The van der Waals surface area contributed by atoms with Crippen LogP contribution in [-0.2, 0) is 19.1 Å². The number of nitrogens with zero attached hydrogens (tertiary/aromatic N) is 2. The summed E-state index contributed by atoms with van der Waals surface area (Å²) in [5.41, 5.74) is 3.94. The first kappa shape index (κ1) is 46.0. The van der Waals surface area contributed by atoms with Crippen LogP contribution in [0.15, 0.2) is 120 Å². The van der Waals surface area contributed by atoms with Crippen LogP contribution in [0, 0.1) is 13.8 Å². The van der Waals surface area contributed by atoms with E-state index in [-0.39, 0.29) is 12.8 Å². The quantitative estimate of drug-likeness (QED) is 0.0109. The minimum absolute atomic E-state index is 0.0468. The Labute approximate surface area is 352 Å². The second kappa shape index (κ2) is 26.3. The van der Waals surface area contributed by atoms with Crippen LogP contribution in [0.25, 0.3) is 0 Å². The Balaban J connectivity index is 1.11. The van der Waals surface area contributed by atoms with Gasteiger partial charge in [0.1, 0.15) is 28.7 Å². The zero-order valence-corrected chi connectivity index (χ0v) is 34.5. The van der Waals surface area contributed by atoms with Crippen LogP contribution in [0.4, 0.5) is 0 Å². The molecule has 0 saturated carbocycles. The summed E-state index contributed by atoms with van der Waals surface area (Å²) in [5, 5.41) is 8.38. The summed E-state index contributed by atoms with van der Waals surface area (Å²) in [4.78, 5) is 34.8. The molecule has 0 spiro atoms. The second-order valence-electron chi connectivity index (χ2n) is 13.6. The molecule has 0 saturated heterocycles. The van der Waals surface area contributed by atoms with Crippen molar-refractivity contribution in [1.82, 2.24) is 0 Å². The minimum Gasteiger partial charge on any atom is -0.494 e. The fourth-order valence-corrected chi connectivity index (χ4v) is 5.71. The molecule has 0 aliphatic heterocycles. The van der Waals surface area contributed by atoms with Gasteiger partial charge in [-0.1, -0.05) is 13.2 Å². The van der Waals surface area contributed by atoms with Crippen LogP contribution in [-0.4, -0.2) is 63.6 Å². The third kappa shape index (κ3) is 17.4. The highest BCUT2D eigenvalue weighted by molar-refractivity contribution is 5.91. The summed E-state index contributed by atoms with van der Waals surface area (Å²) in [7, 11) is 0. The van der Waals surface area contributed by atoms with Crippen molar-refractivity contribution >= 4 is 30.3 Å². The zero-order valence-electron chi connectivity index (χ0n) is 34.5. The van der Waals surface area contributed by atoms with Gasteiger partial charge in [-0.2, -0.15) is 10.2 Å². The van der Waals surface area contributed by atoms with E-state index in [1.807, 2.05) is 50.2 Å². The molecule has 0 fully saturated rings. The molecule has 0 aliphatic carbocycles. The van der Waals surface area contributed by atoms with Crippen molar-refractivity contribution in [2.45, 2.75) is 65.2 Å². The Morgan fingerprint density at radius 1 is 0.517 bits per heavy atom. The lowest BCUT2D eigenvalue weighted by molar-refractivity contribution is -0.138. The van der Waals surface area contributed by atoms with Gasteiger partial charge in [-0.15, -0.1) is 0 Å². The standard InChI is InChI=1S/C48H54N2O10/c1-5-45(51)56-29-13-9-7-11-27-54-41-21-17-40(18-22-41)48(53)60-44-19-15-38(16-20-44)33-49-50-34-39-31-36(3)47(37(4)32-39)59-35-58-43-25-23-42(24-26-43)55-28-12-8-10-14-30-57-46(52)6-2/h5-6,15-26,31-34H,1-2,7-14,27-30,35H2,3-4H3/b49-33+,50-34+. The van der Waals surface area contributed by atoms with Gasteiger partial charge in [-0.25, -0.2) is 14.4 Å². The average molecular weight is 819 g/mol. The van der Waals surface area contributed by atoms with E-state index in [2.05, 4.69) is 23.4 Å². The predicted octanol–water partition coefficient (Wildman–Crippen LogP) is 9.73. The van der Waals surface area contributed by atoms with Gasteiger partial charge in [0, 0.05) is 12.2 Å². The maximum absolute atomic E-state index is 12.7. The number of hydrogen-bond acceptors (Lipinski definition) is 12. The Morgan fingerprint density at radius 2 is 0.950 bits per heavy atom. The summed E-state index contributed by atoms with van der Waals surface area (Å²) in [6.45, 7) is 12.7. The number of rotatable bonds is 27. The molecular weight excluding hydrogens is 765 g/mol. The Morgan fingerprint density at radius 3 is 1.45 bits per heavy atom. The van der Waals surface area contributed by atoms with Crippen LogP contribution >= 0.6 is 0 Å². The molecule has 0 unspecified atom stereocenters. The number of aryl methyl sites for hydroxylation is 2. The van der Waals surface area contributed by atoms with Gasteiger partial charge in [-0.05, 0) is 172 Å². The van der Waals surface area contributed by atoms with Gasteiger partial charge in [-0.3, -0.25) is 0 Å². The van der Waals surface area contributed by atoms with Gasteiger partial charge < -0.3 is 33.2 Å². The number of esters is 3. The predicted molar refractivity (Wildman–Crippen MR) is 232 cm³/mol.